The van der Waals surface area contributed by atoms with Crippen molar-refractivity contribution in [3.05, 3.63) is 64.5 Å². The lowest BCUT2D eigenvalue weighted by Crippen LogP contribution is -2.14. The average molecular weight is 359 g/mol. The molecule has 3 rings (SSSR count). The van der Waals surface area contributed by atoms with E-state index in [0.717, 1.165) is 22.6 Å². The van der Waals surface area contributed by atoms with Crippen LogP contribution in [0.4, 0.5) is 5.13 Å². The number of carbonyl (C=O) groups excluding carboxylic acids is 1. The molecule has 0 bridgehead atoms. The molecule has 0 radical (unpaired) electrons. The Morgan fingerprint density at radius 3 is 2.67 bits per heavy atom. The van der Waals surface area contributed by atoms with Gasteiger partial charge in [0, 0.05) is 16.0 Å². The third kappa shape index (κ3) is 3.93. The van der Waals surface area contributed by atoms with E-state index in [9.17, 15) is 4.79 Å². The number of nitrogens with one attached hydrogen (secondary N) is 1. The van der Waals surface area contributed by atoms with Gasteiger partial charge in [-0.05, 0) is 35.9 Å². The van der Waals surface area contributed by atoms with Gasteiger partial charge in [0.1, 0.15) is 5.75 Å². The predicted molar refractivity (Wildman–Crippen MR) is 97.9 cm³/mol. The molecule has 1 N–H and O–H groups in total. The molecule has 0 fully saturated rings. The van der Waals surface area contributed by atoms with E-state index in [0.29, 0.717) is 10.2 Å². The van der Waals surface area contributed by atoms with Gasteiger partial charge in [0.05, 0.1) is 19.2 Å². The molecular formula is C18H15ClN2O2S. The van der Waals surface area contributed by atoms with Gasteiger partial charge in [-0.25, -0.2) is 4.98 Å². The van der Waals surface area contributed by atoms with Gasteiger partial charge >= 0.3 is 0 Å². The summed E-state index contributed by atoms with van der Waals surface area (Å²) in [6.07, 6.45) is 0.219. The molecule has 1 amide bonds. The predicted octanol–water partition coefficient (Wildman–Crippen LogP) is 4.65. The third-order valence-corrected chi connectivity index (χ3v) is 4.57. The van der Waals surface area contributed by atoms with Crippen LogP contribution in [0.15, 0.2) is 53.9 Å². The molecule has 0 atom stereocenters. The van der Waals surface area contributed by atoms with Crippen LogP contribution in [0, 0.1) is 0 Å². The number of carbonyl (C=O) groups is 1. The van der Waals surface area contributed by atoms with Gasteiger partial charge in [-0.3, -0.25) is 4.79 Å². The van der Waals surface area contributed by atoms with E-state index < -0.39 is 0 Å². The molecule has 24 heavy (non-hydrogen) atoms. The zero-order chi connectivity index (χ0) is 16.9. The van der Waals surface area contributed by atoms with Crippen LogP contribution in [0.25, 0.3) is 11.3 Å². The minimum absolute atomic E-state index is 0.140. The molecule has 1 heterocycles. The van der Waals surface area contributed by atoms with Gasteiger partial charge in [0.25, 0.3) is 0 Å². The van der Waals surface area contributed by atoms with Crippen molar-refractivity contribution < 1.29 is 9.53 Å². The van der Waals surface area contributed by atoms with Crippen molar-refractivity contribution in [1.82, 2.24) is 4.98 Å². The first-order valence-corrected chi connectivity index (χ1v) is 8.54. The van der Waals surface area contributed by atoms with Crippen molar-refractivity contribution in [1.29, 1.82) is 0 Å². The maximum absolute atomic E-state index is 12.1. The van der Waals surface area contributed by atoms with Crippen LogP contribution in [0.5, 0.6) is 5.75 Å². The monoisotopic (exact) mass is 358 g/mol. The standard InChI is InChI=1S/C18H15ClN2O2S/c1-23-14-8-6-12(7-9-14)16-11-24-18(20-16)21-17(22)10-13-4-2-3-5-15(13)19/h2-9,11H,10H2,1H3,(H,20,21,22). The van der Waals surface area contributed by atoms with E-state index in [1.54, 1.807) is 13.2 Å². The molecule has 0 aliphatic carbocycles. The van der Waals surface area contributed by atoms with Gasteiger partial charge in [-0.1, -0.05) is 29.8 Å². The fraction of sp³-hybridized carbons (Fsp3) is 0.111. The van der Waals surface area contributed by atoms with E-state index in [-0.39, 0.29) is 12.3 Å². The lowest BCUT2D eigenvalue weighted by molar-refractivity contribution is -0.115. The molecule has 0 aliphatic rings. The first kappa shape index (κ1) is 16.5. The molecule has 2 aromatic carbocycles. The van der Waals surface area contributed by atoms with Crippen molar-refractivity contribution in [2.45, 2.75) is 6.42 Å². The van der Waals surface area contributed by atoms with Crippen LogP contribution in [0.2, 0.25) is 5.02 Å². The third-order valence-electron chi connectivity index (χ3n) is 3.45. The molecule has 0 spiro atoms. The van der Waals surface area contributed by atoms with Gasteiger partial charge < -0.3 is 10.1 Å². The topological polar surface area (TPSA) is 51.2 Å². The summed E-state index contributed by atoms with van der Waals surface area (Å²) in [6.45, 7) is 0. The number of anilines is 1. The SMILES string of the molecule is COc1ccc(-c2csc(NC(=O)Cc3ccccc3Cl)n2)cc1. The number of nitrogens with zero attached hydrogens (tertiary/aromatic N) is 1. The van der Waals surface area contributed by atoms with Crippen molar-refractivity contribution in [2.24, 2.45) is 0 Å². The molecule has 3 aromatic rings. The number of ether oxygens (including phenoxy) is 1. The highest BCUT2D eigenvalue weighted by atomic mass is 35.5. The minimum atomic E-state index is -0.140. The summed E-state index contributed by atoms with van der Waals surface area (Å²) >= 11 is 7.47. The highest BCUT2D eigenvalue weighted by Gasteiger charge is 2.10. The quantitative estimate of drug-likeness (QED) is 0.722. The summed E-state index contributed by atoms with van der Waals surface area (Å²) in [7, 11) is 1.63. The maximum atomic E-state index is 12.1. The van der Waals surface area contributed by atoms with Crippen LogP contribution in [-0.2, 0) is 11.2 Å². The van der Waals surface area contributed by atoms with Crippen LogP contribution in [0.1, 0.15) is 5.56 Å². The van der Waals surface area contributed by atoms with Crippen LogP contribution in [-0.4, -0.2) is 18.0 Å². The largest absolute Gasteiger partial charge is 0.497 e. The molecule has 122 valence electrons. The van der Waals surface area contributed by atoms with Crippen LogP contribution < -0.4 is 10.1 Å². The van der Waals surface area contributed by atoms with Crippen LogP contribution in [0.3, 0.4) is 0 Å². The van der Waals surface area contributed by atoms with E-state index in [1.165, 1.54) is 11.3 Å². The van der Waals surface area contributed by atoms with Crippen molar-refractivity contribution in [3.8, 4) is 17.0 Å². The highest BCUT2D eigenvalue weighted by Crippen LogP contribution is 2.26. The van der Waals surface area contributed by atoms with E-state index in [1.807, 2.05) is 47.8 Å². The summed E-state index contributed by atoms with van der Waals surface area (Å²) in [6, 6.07) is 14.9. The Labute approximate surface area is 149 Å². The zero-order valence-electron chi connectivity index (χ0n) is 13.0. The number of aromatic nitrogens is 1. The van der Waals surface area contributed by atoms with Crippen LogP contribution >= 0.6 is 22.9 Å². The van der Waals surface area contributed by atoms with Gasteiger partial charge in [0.2, 0.25) is 5.91 Å². The summed E-state index contributed by atoms with van der Waals surface area (Å²) in [5.74, 6) is 0.654. The molecule has 4 nitrogen and oxygen atoms in total. The number of hydrogen-bond donors (Lipinski definition) is 1. The fourth-order valence-electron chi connectivity index (χ4n) is 2.20. The molecule has 0 unspecified atom stereocenters. The lowest BCUT2D eigenvalue weighted by atomic mass is 10.1. The zero-order valence-corrected chi connectivity index (χ0v) is 14.5. The Bertz CT molecular complexity index is 846. The maximum Gasteiger partial charge on any atom is 0.230 e. The summed E-state index contributed by atoms with van der Waals surface area (Å²) in [5.41, 5.74) is 2.58. The Morgan fingerprint density at radius 1 is 1.21 bits per heavy atom. The highest BCUT2D eigenvalue weighted by molar-refractivity contribution is 7.14. The smallest absolute Gasteiger partial charge is 0.230 e. The van der Waals surface area contributed by atoms with E-state index in [2.05, 4.69) is 10.3 Å². The normalized spacial score (nSPS) is 10.4. The molecule has 1 aromatic heterocycles. The fourth-order valence-corrected chi connectivity index (χ4v) is 3.14. The number of methoxy groups -OCH3 is 1. The lowest BCUT2D eigenvalue weighted by Gasteiger charge is -2.04. The van der Waals surface area contributed by atoms with Crippen molar-refractivity contribution >= 4 is 34.0 Å². The average Bonchev–Trinajstić information content (AvgIpc) is 3.05. The molecule has 0 saturated carbocycles. The second-order valence-corrected chi connectivity index (χ2v) is 6.35. The number of halogens is 1. The number of thiazole rings is 1. The van der Waals surface area contributed by atoms with Gasteiger partial charge in [0.15, 0.2) is 5.13 Å². The van der Waals surface area contributed by atoms with Gasteiger partial charge in [-0.2, -0.15) is 0 Å². The van der Waals surface area contributed by atoms with E-state index >= 15 is 0 Å². The minimum Gasteiger partial charge on any atom is -0.497 e. The van der Waals surface area contributed by atoms with E-state index in [4.69, 9.17) is 16.3 Å². The summed E-state index contributed by atoms with van der Waals surface area (Å²) < 4.78 is 5.14. The number of benzene rings is 2. The number of amides is 1. The number of rotatable bonds is 5. The second-order valence-electron chi connectivity index (χ2n) is 5.08. The molecule has 6 heteroatoms. The van der Waals surface area contributed by atoms with Gasteiger partial charge in [-0.15, -0.1) is 11.3 Å². The summed E-state index contributed by atoms with van der Waals surface area (Å²) in [5, 5.41) is 5.88. The van der Waals surface area contributed by atoms with Crippen molar-refractivity contribution in [3.63, 3.8) is 0 Å². The Kier molecular flexibility index (Phi) is 5.13. The Morgan fingerprint density at radius 2 is 1.96 bits per heavy atom. The Hall–Kier alpha value is -2.37. The second kappa shape index (κ2) is 7.47. The molecule has 0 aliphatic heterocycles. The number of hydrogen-bond acceptors (Lipinski definition) is 4. The summed E-state index contributed by atoms with van der Waals surface area (Å²) in [4.78, 5) is 16.6. The Balaban J connectivity index is 1.67. The molecular weight excluding hydrogens is 344 g/mol. The first-order chi connectivity index (χ1) is 11.7. The van der Waals surface area contributed by atoms with Crippen molar-refractivity contribution in [2.75, 3.05) is 12.4 Å². The first-order valence-electron chi connectivity index (χ1n) is 7.29. The molecule has 0 saturated heterocycles.